The highest BCUT2D eigenvalue weighted by Gasteiger charge is 2.31. The van der Waals surface area contributed by atoms with E-state index < -0.39 is 19.0 Å². The molecule has 0 aromatic heterocycles. The predicted molar refractivity (Wildman–Crippen MR) is 48.3 cm³/mol. The second kappa shape index (κ2) is 5.48. The highest BCUT2D eigenvalue weighted by atomic mass is 19.3. The van der Waals surface area contributed by atoms with Crippen LogP contribution in [0.3, 0.4) is 0 Å². The molecule has 1 aromatic carbocycles. The highest BCUT2D eigenvalue weighted by molar-refractivity contribution is 5.74. The van der Waals surface area contributed by atoms with Gasteiger partial charge in [0.15, 0.2) is 0 Å². The lowest BCUT2D eigenvalue weighted by Crippen LogP contribution is -2.29. The van der Waals surface area contributed by atoms with Crippen molar-refractivity contribution < 1.29 is 27.1 Å². The molecule has 16 heavy (non-hydrogen) atoms. The van der Waals surface area contributed by atoms with Gasteiger partial charge in [0, 0.05) is 5.56 Å². The Hall–Kier alpha value is -1.59. The molecule has 0 saturated carbocycles. The predicted octanol–water partition coefficient (Wildman–Crippen LogP) is 2.78. The Balaban J connectivity index is 2.62. The Morgan fingerprint density at radius 1 is 1.06 bits per heavy atom. The summed E-state index contributed by atoms with van der Waals surface area (Å²) < 4.78 is 53.0. The van der Waals surface area contributed by atoms with E-state index in [2.05, 4.69) is 4.74 Å². The summed E-state index contributed by atoms with van der Waals surface area (Å²) in [6.45, 7) is 0. The molecule has 0 aliphatic heterocycles. The number of carbonyl (C=O) groups is 1. The second-order valence-corrected chi connectivity index (χ2v) is 2.93. The fourth-order valence-electron chi connectivity index (χ4n) is 0.934. The summed E-state index contributed by atoms with van der Waals surface area (Å²) in [6.07, 6.45) is -8.62. The Kier molecular flexibility index (Phi) is 4.28. The van der Waals surface area contributed by atoms with Crippen LogP contribution in [0.1, 0.15) is 10.4 Å². The van der Waals surface area contributed by atoms with Crippen LogP contribution in [0.15, 0.2) is 24.3 Å². The van der Waals surface area contributed by atoms with Gasteiger partial charge in [-0.2, -0.15) is 4.39 Å². The molecule has 88 valence electrons. The first-order chi connectivity index (χ1) is 7.54. The molecule has 2 unspecified atom stereocenters. The van der Waals surface area contributed by atoms with Crippen LogP contribution in [0.5, 0.6) is 5.75 Å². The maximum atomic E-state index is 12.8. The zero-order valence-electron chi connectivity index (χ0n) is 7.95. The molecule has 0 fully saturated rings. The van der Waals surface area contributed by atoms with Gasteiger partial charge in [-0.05, 0) is 24.3 Å². The van der Waals surface area contributed by atoms with Crippen molar-refractivity contribution >= 4 is 6.29 Å². The van der Waals surface area contributed by atoms with E-state index in [1.54, 1.807) is 0 Å². The molecule has 2 atom stereocenters. The van der Waals surface area contributed by atoms with Crippen molar-refractivity contribution in [2.45, 2.75) is 19.0 Å². The van der Waals surface area contributed by atoms with Gasteiger partial charge in [-0.3, -0.25) is 4.79 Å². The fraction of sp³-hybridized carbons (Fsp3) is 0.300. The van der Waals surface area contributed by atoms with Gasteiger partial charge in [0.05, 0.1) is 0 Å². The number of carbonyl (C=O) groups excluding carboxylic acids is 1. The SMILES string of the molecule is O=Cc1ccc(OC(F)C(F)C(F)F)cc1. The molecular formula is C10H8F4O2. The van der Waals surface area contributed by atoms with Gasteiger partial charge in [0.1, 0.15) is 12.0 Å². The van der Waals surface area contributed by atoms with E-state index in [4.69, 9.17) is 0 Å². The van der Waals surface area contributed by atoms with Crippen molar-refractivity contribution in [2.24, 2.45) is 0 Å². The number of benzene rings is 1. The standard InChI is InChI=1S/C10H8F4O2/c11-8(9(12)13)10(14)16-7-3-1-6(5-15)2-4-7/h1-5,8-10H. The van der Waals surface area contributed by atoms with E-state index >= 15 is 0 Å². The molecule has 0 aliphatic carbocycles. The number of halogens is 4. The zero-order valence-corrected chi connectivity index (χ0v) is 7.95. The molecule has 0 aliphatic rings. The lowest BCUT2D eigenvalue weighted by Gasteiger charge is -2.14. The molecule has 1 aromatic rings. The van der Waals surface area contributed by atoms with Crippen LogP contribution in [0, 0.1) is 0 Å². The minimum atomic E-state index is -3.44. The lowest BCUT2D eigenvalue weighted by atomic mass is 10.2. The Morgan fingerprint density at radius 3 is 2.06 bits per heavy atom. The van der Waals surface area contributed by atoms with Crippen LogP contribution < -0.4 is 4.74 Å². The third-order valence-corrected chi connectivity index (χ3v) is 1.76. The van der Waals surface area contributed by atoms with Crippen molar-refractivity contribution in [3.8, 4) is 5.75 Å². The summed E-state index contributed by atoms with van der Waals surface area (Å²) in [6, 6.07) is 4.97. The summed E-state index contributed by atoms with van der Waals surface area (Å²) in [5.74, 6) is -0.124. The Bertz CT molecular complexity index is 339. The third-order valence-electron chi connectivity index (χ3n) is 1.76. The van der Waals surface area contributed by atoms with E-state index in [1.165, 1.54) is 24.3 Å². The van der Waals surface area contributed by atoms with Crippen molar-refractivity contribution in [1.82, 2.24) is 0 Å². The van der Waals surface area contributed by atoms with Gasteiger partial charge in [0.2, 0.25) is 6.17 Å². The first kappa shape index (κ1) is 12.5. The summed E-state index contributed by atoms with van der Waals surface area (Å²) >= 11 is 0. The molecule has 0 amide bonds. The van der Waals surface area contributed by atoms with Crippen LogP contribution in [-0.4, -0.2) is 25.2 Å². The van der Waals surface area contributed by atoms with E-state index in [0.29, 0.717) is 11.8 Å². The second-order valence-electron chi connectivity index (χ2n) is 2.93. The number of aldehydes is 1. The molecule has 6 heteroatoms. The Labute approximate surface area is 88.8 Å². The third kappa shape index (κ3) is 3.22. The van der Waals surface area contributed by atoms with E-state index in [9.17, 15) is 22.4 Å². The molecule has 0 N–H and O–H groups in total. The lowest BCUT2D eigenvalue weighted by molar-refractivity contribution is -0.0750. The smallest absolute Gasteiger partial charge is 0.275 e. The van der Waals surface area contributed by atoms with E-state index in [0.717, 1.165) is 0 Å². The Morgan fingerprint density at radius 2 is 1.62 bits per heavy atom. The maximum Gasteiger partial charge on any atom is 0.275 e. The molecule has 0 radical (unpaired) electrons. The number of hydrogen-bond acceptors (Lipinski definition) is 2. The normalized spacial score (nSPS) is 14.6. The average Bonchev–Trinajstić information content (AvgIpc) is 2.28. The molecule has 0 bridgehead atoms. The number of ether oxygens (including phenoxy) is 1. The molecule has 0 saturated heterocycles. The molecule has 0 spiro atoms. The summed E-state index contributed by atoms with van der Waals surface area (Å²) in [4.78, 5) is 10.3. The number of alkyl halides is 4. The molecule has 0 heterocycles. The molecule has 2 nitrogen and oxygen atoms in total. The summed E-state index contributed by atoms with van der Waals surface area (Å²) in [7, 11) is 0. The average molecular weight is 236 g/mol. The number of hydrogen-bond donors (Lipinski definition) is 0. The topological polar surface area (TPSA) is 26.3 Å². The monoisotopic (exact) mass is 236 g/mol. The maximum absolute atomic E-state index is 12.8. The van der Waals surface area contributed by atoms with Gasteiger partial charge >= 0.3 is 0 Å². The van der Waals surface area contributed by atoms with Crippen LogP contribution in [0.4, 0.5) is 17.6 Å². The molecule has 1 rings (SSSR count). The van der Waals surface area contributed by atoms with Gasteiger partial charge in [-0.1, -0.05) is 0 Å². The van der Waals surface area contributed by atoms with Crippen molar-refractivity contribution in [2.75, 3.05) is 0 Å². The first-order valence-corrected chi connectivity index (χ1v) is 4.33. The van der Waals surface area contributed by atoms with Crippen molar-refractivity contribution in [1.29, 1.82) is 0 Å². The molecular weight excluding hydrogens is 228 g/mol. The summed E-state index contributed by atoms with van der Waals surface area (Å²) in [5.41, 5.74) is 0.313. The summed E-state index contributed by atoms with van der Waals surface area (Å²) in [5, 5.41) is 0. The van der Waals surface area contributed by atoms with E-state index in [-0.39, 0.29) is 5.75 Å². The van der Waals surface area contributed by atoms with Crippen molar-refractivity contribution in [3.05, 3.63) is 29.8 Å². The van der Waals surface area contributed by atoms with Crippen LogP contribution in [0.2, 0.25) is 0 Å². The van der Waals surface area contributed by atoms with Crippen LogP contribution in [0.25, 0.3) is 0 Å². The highest BCUT2D eigenvalue weighted by Crippen LogP contribution is 2.19. The minimum Gasteiger partial charge on any atom is -0.457 e. The zero-order chi connectivity index (χ0) is 12.1. The minimum absolute atomic E-state index is 0.124. The van der Waals surface area contributed by atoms with Crippen molar-refractivity contribution in [3.63, 3.8) is 0 Å². The van der Waals surface area contributed by atoms with Crippen LogP contribution >= 0.6 is 0 Å². The van der Waals surface area contributed by atoms with Gasteiger partial charge in [0.25, 0.3) is 12.8 Å². The first-order valence-electron chi connectivity index (χ1n) is 4.33. The van der Waals surface area contributed by atoms with Crippen LogP contribution in [-0.2, 0) is 0 Å². The van der Waals surface area contributed by atoms with Gasteiger partial charge in [-0.15, -0.1) is 0 Å². The largest absolute Gasteiger partial charge is 0.457 e. The van der Waals surface area contributed by atoms with Gasteiger partial charge < -0.3 is 4.74 Å². The fourth-order valence-corrected chi connectivity index (χ4v) is 0.934. The van der Waals surface area contributed by atoms with Gasteiger partial charge in [-0.25, -0.2) is 13.2 Å². The number of rotatable bonds is 5. The van der Waals surface area contributed by atoms with E-state index in [1.807, 2.05) is 0 Å². The quantitative estimate of drug-likeness (QED) is 0.580.